The van der Waals surface area contributed by atoms with Gasteiger partial charge in [-0.3, -0.25) is 0 Å². The number of benzene rings is 1. The van der Waals surface area contributed by atoms with E-state index in [4.69, 9.17) is 15.4 Å². The fourth-order valence-electron chi connectivity index (χ4n) is 1.10. The fraction of sp³-hybridized carbons (Fsp3) is 0.400. The third-order valence-electron chi connectivity index (χ3n) is 1.87. The Bertz CT molecular complexity index is 378. The molecule has 1 aliphatic rings. The molecule has 1 aromatic rings. The van der Waals surface area contributed by atoms with E-state index in [0.717, 1.165) is 26.3 Å². The van der Waals surface area contributed by atoms with Gasteiger partial charge in [0.2, 0.25) is 0 Å². The van der Waals surface area contributed by atoms with Crippen LogP contribution in [0.3, 0.4) is 0 Å². The molecular formula is C10H14ClNO3S. The molecule has 90 valence electrons. The zero-order valence-electron chi connectivity index (χ0n) is 8.73. The molecule has 0 radical (unpaired) electrons. The van der Waals surface area contributed by atoms with Crippen molar-refractivity contribution >= 4 is 19.7 Å². The second-order valence-electron chi connectivity index (χ2n) is 3.11. The van der Waals surface area contributed by atoms with Gasteiger partial charge < -0.3 is 10.1 Å². The van der Waals surface area contributed by atoms with Crippen LogP contribution in [0.2, 0.25) is 0 Å². The van der Waals surface area contributed by atoms with Crippen LogP contribution in [0.15, 0.2) is 35.2 Å². The van der Waals surface area contributed by atoms with Crippen LogP contribution >= 0.6 is 10.7 Å². The van der Waals surface area contributed by atoms with Crippen molar-refractivity contribution in [2.75, 3.05) is 26.3 Å². The molecule has 0 amide bonds. The van der Waals surface area contributed by atoms with Crippen molar-refractivity contribution < 1.29 is 13.2 Å². The Labute approximate surface area is 100.0 Å². The van der Waals surface area contributed by atoms with Gasteiger partial charge in [-0.2, -0.15) is 0 Å². The first-order valence-corrected chi connectivity index (χ1v) is 7.20. The van der Waals surface area contributed by atoms with E-state index in [1.807, 2.05) is 0 Å². The number of hydrogen-bond acceptors (Lipinski definition) is 4. The highest BCUT2D eigenvalue weighted by molar-refractivity contribution is 8.13. The van der Waals surface area contributed by atoms with Crippen molar-refractivity contribution in [3.8, 4) is 0 Å². The maximum Gasteiger partial charge on any atom is 0.261 e. The summed E-state index contributed by atoms with van der Waals surface area (Å²) in [5, 5.41) is 3.16. The van der Waals surface area contributed by atoms with Gasteiger partial charge >= 0.3 is 0 Å². The average molecular weight is 264 g/mol. The van der Waals surface area contributed by atoms with Crippen molar-refractivity contribution in [3.05, 3.63) is 30.3 Å². The highest BCUT2D eigenvalue weighted by Gasteiger charge is 2.06. The van der Waals surface area contributed by atoms with Gasteiger partial charge in [-0.1, -0.05) is 18.2 Å². The maximum absolute atomic E-state index is 10.6. The van der Waals surface area contributed by atoms with Gasteiger partial charge in [-0.15, -0.1) is 0 Å². The summed E-state index contributed by atoms with van der Waals surface area (Å²) in [6, 6.07) is 7.86. The Balaban J connectivity index is 0.000000181. The smallest absolute Gasteiger partial charge is 0.261 e. The van der Waals surface area contributed by atoms with Gasteiger partial charge in [-0.25, -0.2) is 8.42 Å². The summed E-state index contributed by atoms with van der Waals surface area (Å²) in [6.45, 7) is 3.83. The van der Waals surface area contributed by atoms with Crippen LogP contribution in [-0.4, -0.2) is 34.7 Å². The van der Waals surface area contributed by atoms with Crippen molar-refractivity contribution in [2.24, 2.45) is 0 Å². The van der Waals surface area contributed by atoms with Crippen molar-refractivity contribution in [1.82, 2.24) is 5.32 Å². The molecule has 0 saturated carbocycles. The first-order chi connectivity index (χ1) is 7.61. The number of halogens is 1. The van der Waals surface area contributed by atoms with Gasteiger partial charge in [0.15, 0.2) is 0 Å². The van der Waals surface area contributed by atoms with Gasteiger partial charge in [0.05, 0.1) is 18.1 Å². The molecular weight excluding hydrogens is 250 g/mol. The molecule has 0 aromatic heterocycles. The minimum absolute atomic E-state index is 0.136. The average Bonchev–Trinajstić information content (AvgIpc) is 2.32. The lowest BCUT2D eigenvalue weighted by Crippen LogP contribution is -2.30. The second kappa shape index (κ2) is 6.85. The van der Waals surface area contributed by atoms with E-state index in [1.165, 1.54) is 12.1 Å². The molecule has 1 aromatic carbocycles. The van der Waals surface area contributed by atoms with Gasteiger partial charge in [0, 0.05) is 23.8 Å². The molecule has 2 rings (SSSR count). The molecule has 1 aliphatic heterocycles. The van der Waals surface area contributed by atoms with E-state index in [0.29, 0.717) is 0 Å². The molecule has 1 saturated heterocycles. The summed E-state index contributed by atoms with van der Waals surface area (Å²) in [5.74, 6) is 0. The van der Waals surface area contributed by atoms with Gasteiger partial charge in [0.25, 0.3) is 9.05 Å². The maximum atomic E-state index is 10.6. The monoisotopic (exact) mass is 263 g/mol. The molecule has 0 aliphatic carbocycles. The summed E-state index contributed by atoms with van der Waals surface area (Å²) in [6.07, 6.45) is 0. The summed E-state index contributed by atoms with van der Waals surface area (Å²) in [4.78, 5) is 0.136. The van der Waals surface area contributed by atoms with Gasteiger partial charge in [-0.05, 0) is 12.1 Å². The number of hydrogen-bond donors (Lipinski definition) is 1. The lowest BCUT2D eigenvalue weighted by Gasteiger charge is -2.10. The zero-order valence-corrected chi connectivity index (χ0v) is 10.3. The van der Waals surface area contributed by atoms with E-state index < -0.39 is 9.05 Å². The van der Waals surface area contributed by atoms with Crippen LogP contribution in [0.5, 0.6) is 0 Å². The second-order valence-corrected chi connectivity index (χ2v) is 5.68. The first-order valence-electron chi connectivity index (χ1n) is 4.89. The fourth-order valence-corrected chi connectivity index (χ4v) is 1.89. The highest BCUT2D eigenvalue weighted by Crippen LogP contribution is 2.12. The predicted molar refractivity (Wildman–Crippen MR) is 63.2 cm³/mol. The molecule has 0 spiro atoms. The third kappa shape index (κ3) is 5.46. The summed E-state index contributed by atoms with van der Waals surface area (Å²) < 4.78 is 26.2. The Morgan fingerprint density at radius 3 is 1.94 bits per heavy atom. The summed E-state index contributed by atoms with van der Waals surface area (Å²) in [7, 11) is 1.50. The molecule has 4 nitrogen and oxygen atoms in total. The highest BCUT2D eigenvalue weighted by atomic mass is 35.7. The lowest BCUT2D eigenvalue weighted by atomic mass is 10.4. The predicted octanol–water partition coefficient (Wildman–Crippen LogP) is 1.22. The molecule has 0 bridgehead atoms. The first kappa shape index (κ1) is 13.4. The van der Waals surface area contributed by atoms with Crippen LogP contribution in [0.1, 0.15) is 0 Å². The summed E-state index contributed by atoms with van der Waals surface area (Å²) in [5.41, 5.74) is 0. The SMILES string of the molecule is C1COCCN1.O=S(=O)(Cl)c1ccccc1. The molecule has 1 fully saturated rings. The van der Waals surface area contributed by atoms with E-state index in [9.17, 15) is 8.42 Å². The van der Waals surface area contributed by atoms with E-state index >= 15 is 0 Å². The lowest BCUT2D eigenvalue weighted by molar-refractivity contribution is 0.109. The molecule has 6 heteroatoms. The Hall–Kier alpha value is -0.620. The number of nitrogens with one attached hydrogen (secondary N) is 1. The van der Waals surface area contributed by atoms with Crippen molar-refractivity contribution in [3.63, 3.8) is 0 Å². The zero-order chi connectivity index (χ0) is 11.9. The van der Waals surface area contributed by atoms with Crippen LogP contribution in [0.4, 0.5) is 0 Å². The van der Waals surface area contributed by atoms with Crippen LogP contribution in [0, 0.1) is 0 Å². The van der Waals surface area contributed by atoms with E-state index in [1.54, 1.807) is 18.2 Å². The minimum Gasteiger partial charge on any atom is -0.379 e. The van der Waals surface area contributed by atoms with Crippen LogP contribution in [0.25, 0.3) is 0 Å². The standard InChI is InChI=1S/C6H5ClO2S.C4H9NO/c7-10(8,9)6-4-2-1-3-5-6;1-3-6-4-2-5-1/h1-5H;5H,1-4H2. The van der Waals surface area contributed by atoms with E-state index in [2.05, 4.69) is 5.32 Å². The largest absolute Gasteiger partial charge is 0.379 e. The van der Waals surface area contributed by atoms with Crippen molar-refractivity contribution in [1.29, 1.82) is 0 Å². The molecule has 0 unspecified atom stereocenters. The number of rotatable bonds is 1. The Kier molecular flexibility index (Phi) is 5.76. The number of ether oxygens (including phenoxy) is 1. The molecule has 1 N–H and O–H groups in total. The minimum atomic E-state index is -3.53. The Morgan fingerprint density at radius 1 is 1.12 bits per heavy atom. The van der Waals surface area contributed by atoms with E-state index in [-0.39, 0.29) is 4.90 Å². The molecule has 1 heterocycles. The molecule has 16 heavy (non-hydrogen) atoms. The van der Waals surface area contributed by atoms with Crippen LogP contribution < -0.4 is 5.32 Å². The van der Waals surface area contributed by atoms with Gasteiger partial charge in [0.1, 0.15) is 0 Å². The topological polar surface area (TPSA) is 55.4 Å². The number of morpholine rings is 1. The summed E-state index contributed by atoms with van der Waals surface area (Å²) >= 11 is 0. The normalized spacial score (nSPS) is 16.1. The Morgan fingerprint density at radius 2 is 1.69 bits per heavy atom. The van der Waals surface area contributed by atoms with Crippen molar-refractivity contribution in [2.45, 2.75) is 4.90 Å². The third-order valence-corrected chi connectivity index (χ3v) is 3.24. The van der Waals surface area contributed by atoms with Crippen LogP contribution in [-0.2, 0) is 13.8 Å². The quantitative estimate of drug-likeness (QED) is 0.774. The molecule has 0 atom stereocenters.